The summed E-state index contributed by atoms with van der Waals surface area (Å²) in [6, 6.07) is 3.25. The predicted octanol–water partition coefficient (Wildman–Crippen LogP) is 1.71. The van der Waals surface area contributed by atoms with Gasteiger partial charge in [0, 0.05) is 0 Å². The highest BCUT2D eigenvalue weighted by Gasteiger charge is 2.02. The van der Waals surface area contributed by atoms with Gasteiger partial charge in [0.05, 0.1) is 0 Å². The molecular formula is C8H10O2. The maximum Gasteiger partial charge on any atom is 0.160 e. The van der Waals surface area contributed by atoms with Gasteiger partial charge in [-0.3, -0.25) is 0 Å². The molecule has 0 amide bonds. The topological polar surface area (TPSA) is 40.5 Å². The lowest BCUT2D eigenvalue weighted by molar-refractivity contribution is 0.400. The molecule has 0 saturated heterocycles. The van der Waals surface area contributed by atoms with E-state index in [1.165, 1.54) is 6.07 Å². The van der Waals surface area contributed by atoms with Crippen LogP contribution in [0.15, 0.2) is 12.1 Å². The summed E-state index contributed by atoms with van der Waals surface area (Å²) in [4.78, 5) is 0. The van der Waals surface area contributed by atoms with Crippen molar-refractivity contribution in [1.29, 1.82) is 0 Å². The van der Waals surface area contributed by atoms with Gasteiger partial charge in [0.1, 0.15) is 0 Å². The molecule has 10 heavy (non-hydrogen) atoms. The van der Waals surface area contributed by atoms with Crippen molar-refractivity contribution in [3.8, 4) is 11.5 Å². The first-order valence-corrected chi connectivity index (χ1v) is 3.11. The molecule has 54 valence electrons. The number of rotatable bonds is 0. The number of hydrogen-bond acceptors (Lipinski definition) is 2. The van der Waals surface area contributed by atoms with E-state index in [0.717, 1.165) is 11.1 Å². The van der Waals surface area contributed by atoms with Crippen LogP contribution in [0, 0.1) is 13.8 Å². The molecule has 1 aromatic carbocycles. The summed E-state index contributed by atoms with van der Waals surface area (Å²) < 4.78 is 0. The molecule has 0 aromatic heterocycles. The molecule has 2 nitrogen and oxygen atoms in total. The van der Waals surface area contributed by atoms with Gasteiger partial charge in [0.2, 0.25) is 0 Å². The minimum absolute atomic E-state index is 0.0139. The first-order chi connectivity index (χ1) is 4.63. The number of aromatic hydroxyl groups is 2. The Morgan fingerprint density at radius 1 is 1.10 bits per heavy atom. The van der Waals surface area contributed by atoms with Crippen LogP contribution in [-0.2, 0) is 0 Å². The quantitative estimate of drug-likeness (QED) is 0.536. The van der Waals surface area contributed by atoms with E-state index in [1.54, 1.807) is 13.0 Å². The molecular weight excluding hydrogens is 128 g/mol. The van der Waals surface area contributed by atoms with Crippen LogP contribution in [-0.4, -0.2) is 10.2 Å². The fourth-order valence-electron chi connectivity index (χ4n) is 0.787. The minimum atomic E-state index is -0.0527. The number of benzene rings is 1. The summed E-state index contributed by atoms with van der Waals surface area (Å²) in [5, 5.41) is 18.1. The third-order valence-corrected chi connectivity index (χ3v) is 1.68. The molecule has 0 fully saturated rings. The molecule has 1 aromatic rings. The van der Waals surface area contributed by atoms with E-state index >= 15 is 0 Å². The van der Waals surface area contributed by atoms with E-state index in [0.29, 0.717) is 0 Å². The van der Waals surface area contributed by atoms with Crippen molar-refractivity contribution in [3.05, 3.63) is 23.3 Å². The molecule has 0 bridgehead atoms. The van der Waals surface area contributed by atoms with Crippen LogP contribution in [0.2, 0.25) is 0 Å². The maximum atomic E-state index is 9.14. The van der Waals surface area contributed by atoms with Gasteiger partial charge in [-0.1, -0.05) is 6.07 Å². The van der Waals surface area contributed by atoms with E-state index in [2.05, 4.69) is 0 Å². The lowest BCUT2D eigenvalue weighted by atomic mass is 10.1. The van der Waals surface area contributed by atoms with E-state index in [4.69, 9.17) is 10.2 Å². The van der Waals surface area contributed by atoms with Gasteiger partial charge in [-0.2, -0.15) is 0 Å². The molecule has 0 aliphatic rings. The molecule has 0 aliphatic heterocycles. The monoisotopic (exact) mass is 138 g/mol. The third kappa shape index (κ3) is 0.923. The van der Waals surface area contributed by atoms with Crippen LogP contribution in [0.1, 0.15) is 11.1 Å². The Labute approximate surface area is 59.7 Å². The number of hydrogen-bond donors (Lipinski definition) is 2. The molecule has 0 heterocycles. The van der Waals surface area contributed by atoms with Gasteiger partial charge in [0.25, 0.3) is 0 Å². The third-order valence-electron chi connectivity index (χ3n) is 1.68. The van der Waals surface area contributed by atoms with Crippen LogP contribution in [0.4, 0.5) is 0 Å². The first-order valence-electron chi connectivity index (χ1n) is 3.11. The highest BCUT2D eigenvalue weighted by atomic mass is 16.3. The van der Waals surface area contributed by atoms with Crippen LogP contribution in [0.3, 0.4) is 0 Å². The molecule has 0 radical (unpaired) electrons. The minimum Gasteiger partial charge on any atom is -0.504 e. The highest BCUT2D eigenvalue weighted by molar-refractivity contribution is 5.47. The Bertz CT molecular complexity index is 227. The second kappa shape index (κ2) is 2.21. The van der Waals surface area contributed by atoms with Gasteiger partial charge >= 0.3 is 0 Å². The maximum absolute atomic E-state index is 9.14. The SMILES string of the molecule is Cc1ccc(O)c(O)c1C. The van der Waals surface area contributed by atoms with Crippen molar-refractivity contribution in [2.24, 2.45) is 0 Å². The normalized spacial score (nSPS) is 9.80. The lowest BCUT2D eigenvalue weighted by Crippen LogP contribution is -1.80. The molecule has 0 atom stereocenters. The molecule has 2 heteroatoms. The number of phenolic OH excluding ortho intramolecular Hbond substituents is 2. The van der Waals surface area contributed by atoms with E-state index in [9.17, 15) is 0 Å². The number of aryl methyl sites for hydroxylation is 1. The van der Waals surface area contributed by atoms with Crippen LogP contribution >= 0.6 is 0 Å². The average Bonchev–Trinajstić information content (AvgIpc) is 1.93. The molecule has 0 saturated carbocycles. The summed E-state index contributed by atoms with van der Waals surface area (Å²) in [6.07, 6.45) is 0. The van der Waals surface area contributed by atoms with Crippen molar-refractivity contribution in [3.63, 3.8) is 0 Å². The van der Waals surface area contributed by atoms with Gasteiger partial charge in [0.15, 0.2) is 11.5 Å². The summed E-state index contributed by atoms with van der Waals surface area (Å²) in [7, 11) is 0. The standard InChI is InChI=1S/C8H10O2/c1-5-3-4-7(9)8(10)6(5)2/h3-4,9-10H,1-2H3. The highest BCUT2D eigenvalue weighted by Crippen LogP contribution is 2.29. The molecule has 1 rings (SSSR count). The Hall–Kier alpha value is -1.18. The molecule has 2 N–H and O–H groups in total. The van der Waals surface area contributed by atoms with E-state index < -0.39 is 0 Å². The summed E-state index contributed by atoms with van der Waals surface area (Å²) in [5.41, 5.74) is 1.72. The van der Waals surface area contributed by atoms with Crippen molar-refractivity contribution < 1.29 is 10.2 Å². The Kier molecular flexibility index (Phi) is 1.53. The van der Waals surface area contributed by atoms with E-state index in [-0.39, 0.29) is 11.5 Å². The fourth-order valence-corrected chi connectivity index (χ4v) is 0.787. The van der Waals surface area contributed by atoms with Gasteiger partial charge in [-0.25, -0.2) is 0 Å². The second-order valence-corrected chi connectivity index (χ2v) is 2.38. The largest absolute Gasteiger partial charge is 0.504 e. The summed E-state index contributed by atoms with van der Waals surface area (Å²) in [6.45, 7) is 3.65. The van der Waals surface area contributed by atoms with Gasteiger partial charge < -0.3 is 10.2 Å². The zero-order chi connectivity index (χ0) is 7.72. The molecule has 0 unspecified atom stereocenters. The Morgan fingerprint density at radius 3 is 2.20 bits per heavy atom. The van der Waals surface area contributed by atoms with E-state index in [1.807, 2.05) is 6.92 Å². The lowest BCUT2D eigenvalue weighted by Gasteiger charge is -2.03. The molecule has 0 aliphatic carbocycles. The average molecular weight is 138 g/mol. The van der Waals surface area contributed by atoms with Crippen LogP contribution in [0.25, 0.3) is 0 Å². The Balaban J connectivity index is 3.34. The first kappa shape index (κ1) is 6.93. The summed E-state index contributed by atoms with van der Waals surface area (Å²) in [5.74, 6) is -0.0666. The van der Waals surface area contributed by atoms with Crippen LogP contribution < -0.4 is 0 Å². The smallest absolute Gasteiger partial charge is 0.160 e. The number of phenols is 2. The van der Waals surface area contributed by atoms with Crippen molar-refractivity contribution in [2.75, 3.05) is 0 Å². The zero-order valence-corrected chi connectivity index (χ0v) is 6.05. The van der Waals surface area contributed by atoms with Gasteiger partial charge in [-0.05, 0) is 31.0 Å². The van der Waals surface area contributed by atoms with Crippen molar-refractivity contribution in [2.45, 2.75) is 13.8 Å². The van der Waals surface area contributed by atoms with Gasteiger partial charge in [-0.15, -0.1) is 0 Å². The second-order valence-electron chi connectivity index (χ2n) is 2.38. The molecule has 0 spiro atoms. The zero-order valence-electron chi connectivity index (χ0n) is 6.05. The predicted molar refractivity (Wildman–Crippen MR) is 39.2 cm³/mol. The fraction of sp³-hybridized carbons (Fsp3) is 0.250. The van der Waals surface area contributed by atoms with Crippen molar-refractivity contribution in [1.82, 2.24) is 0 Å². The van der Waals surface area contributed by atoms with Crippen molar-refractivity contribution >= 4 is 0 Å². The van der Waals surface area contributed by atoms with Crippen LogP contribution in [0.5, 0.6) is 11.5 Å². The Morgan fingerprint density at radius 2 is 1.70 bits per heavy atom. The summed E-state index contributed by atoms with van der Waals surface area (Å²) >= 11 is 0.